The van der Waals surface area contributed by atoms with Crippen LogP contribution in [0.1, 0.15) is 37.9 Å². The van der Waals surface area contributed by atoms with Crippen LogP contribution in [0.4, 0.5) is 5.69 Å². The van der Waals surface area contributed by atoms with Crippen LogP contribution >= 0.6 is 0 Å². The SMILES string of the molecule is CNC(C)c1ccc2c(c1)CCN2CCOCC(C)C. The molecule has 1 aromatic rings. The van der Waals surface area contributed by atoms with E-state index in [-0.39, 0.29) is 0 Å². The quantitative estimate of drug-likeness (QED) is 0.775. The molecule has 3 heteroatoms. The topological polar surface area (TPSA) is 24.5 Å². The monoisotopic (exact) mass is 276 g/mol. The zero-order valence-corrected chi connectivity index (χ0v) is 13.3. The molecule has 0 radical (unpaired) electrons. The Labute approximate surface area is 123 Å². The maximum absolute atomic E-state index is 5.70. The first kappa shape index (κ1) is 15.3. The van der Waals surface area contributed by atoms with Gasteiger partial charge in [0.05, 0.1) is 6.61 Å². The molecule has 1 unspecified atom stereocenters. The van der Waals surface area contributed by atoms with Crippen LogP contribution in [-0.2, 0) is 11.2 Å². The van der Waals surface area contributed by atoms with Crippen LogP contribution in [0.25, 0.3) is 0 Å². The van der Waals surface area contributed by atoms with Gasteiger partial charge in [-0.25, -0.2) is 0 Å². The predicted octanol–water partition coefficient (Wildman–Crippen LogP) is 3.00. The van der Waals surface area contributed by atoms with Crippen LogP contribution in [0, 0.1) is 5.92 Å². The van der Waals surface area contributed by atoms with Gasteiger partial charge < -0.3 is 15.0 Å². The van der Waals surface area contributed by atoms with E-state index < -0.39 is 0 Å². The fraction of sp³-hybridized carbons (Fsp3) is 0.647. The molecule has 1 N–H and O–H groups in total. The van der Waals surface area contributed by atoms with E-state index in [0.717, 1.165) is 32.7 Å². The molecule has 1 aliphatic heterocycles. The molecular formula is C17H28N2O. The van der Waals surface area contributed by atoms with Crippen molar-refractivity contribution in [2.24, 2.45) is 5.92 Å². The van der Waals surface area contributed by atoms with Crippen LogP contribution in [0.15, 0.2) is 18.2 Å². The van der Waals surface area contributed by atoms with E-state index in [1.807, 2.05) is 7.05 Å². The van der Waals surface area contributed by atoms with E-state index in [2.05, 4.69) is 49.2 Å². The van der Waals surface area contributed by atoms with Gasteiger partial charge in [0.25, 0.3) is 0 Å². The first-order valence-electron chi connectivity index (χ1n) is 7.74. The number of benzene rings is 1. The lowest BCUT2D eigenvalue weighted by molar-refractivity contribution is 0.115. The summed E-state index contributed by atoms with van der Waals surface area (Å²) in [4.78, 5) is 2.45. The van der Waals surface area contributed by atoms with Crippen LogP contribution in [0.3, 0.4) is 0 Å². The zero-order valence-electron chi connectivity index (χ0n) is 13.3. The molecule has 20 heavy (non-hydrogen) atoms. The molecule has 1 heterocycles. The van der Waals surface area contributed by atoms with Gasteiger partial charge in [0.2, 0.25) is 0 Å². The maximum Gasteiger partial charge on any atom is 0.0641 e. The van der Waals surface area contributed by atoms with Crippen molar-refractivity contribution in [1.29, 1.82) is 0 Å². The van der Waals surface area contributed by atoms with Gasteiger partial charge in [-0.2, -0.15) is 0 Å². The fourth-order valence-electron chi connectivity index (χ4n) is 2.65. The third-order valence-corrected chi connectivity index (χ3v) is 3.99. The summed E-state index contributed by atoms with van der Waals surface area (Å²) in [6.07, 6.45) is 1.16. The molecule has 0 aliphatic carbocycles. The summed E-state index contributed by atoms with van der Waals surface area (Å²) < 4.78 is 5.70. The third kappa shape index (κ3) is 3.74. The summed E-state index contributed by atoms with van der Waals surface area (Å²) in [5.74, 6) is 0.617. The summed E-state index contributed by atoms with van der Waals surface area (Å²) in [7, 11) is 2.01. The number of nitrogens with one attached hydrogen (secondary N) is 1. The van der Waals surface area contributed by atoms with Crippen molar-refractivity contribution in [3.8, 4) is 0 Å². The second-order valence-electron chi connectivity index (χ2n) is 6.10. The Hall–Kier alpha value is -1.06. The van der Waals surface area contributed by atoms with Gasteiger partial charge in [-0.15, -0.1) is 0 Å². The molecule has 1 aromatic carbocycles. The summed E-state index contributed by atoms with van der Waals surface area (Å²) in [6, 6.07) is 7.29. The molecule has 0 saturated heterocycles. The van der Waals surface area contributed by atoms with Crippen molar-refractivity contribution >= 4 is 5.69 Å². The van der Waals surface area contributed by atoms with Gasteiger partial charge in [0, 0.05) is 31.4 Å². The van der Waals surface area contributed by atoms with Gasteiger partial charge in [0.15, 0.2) is 0 Å². The molecule has 0 bridgehead atoms. The zero-order chi connectivity index (χ0) is 14.5. The van der Waals surface area contributed by atoms with Crippen LogP contribution in [-0.4, -0.2) is 33.4 Å². The molecule has 112 valence electrons. The minimum Gasteiger partial charge on any atom is -0.379 e. The molecule has 0 spiro atoms. The standard InChI is InChI=1S/C17H28N2O/c1-13(2)12-20-10-9-19-8-7-16-11-15(14(3)18-4)5-6-17(16)19/h5-6,11,13-14,18H,7-10,12H2,1-4H3. The lowest BCUT2D eigenvalue weighted by atomic mass is 10.0. The lowest BCUT2D eigenvalue weighted by Crippen LogP contribution is -2.25. The number of hydrogen-bond donors (Lipinski definition) is 1. The van der Waals surface area contributed by atoms with E-state index in [4.69, 9.17) is 4.74 Å². The van der Waals surface area contributed by atoms with Crippen LogP contribution in [0.2, 0.25) is 0 Å². The smallest absolute Gasteiger partial charge is 0.0641 e. The van der Waals surface area contributed by atoms with E-state index in [9.17, 15) is 0 Å². The van der Waals surface area contributed by atoms with Crippen molar-refractivity contribution in [2.75, 3.05) is 38.3 Å². The van der Waals surface area contributed by atoms with E-state index >= 15 is 0 Å². The summed E-state index contributed by atoms with van der Waals surface area (Å²) in [6.45, 7) is 10.4. The van der Waals surface area contributed by atoms with Crippen molar-refractivity contribution < 1.29 is 4.74 Å². The molecular weight excluding hydrogens is 248 g/mol. The van der Waals surface area contributed by atoms with Crippen molar-refractivity contribution in [3.63, 3.8) is 0 Å². The molecule has 3 nitrogen and oxygen atoms in total. The number of fused-ring (bicyclic) bond motifs is 1. The van der Waals surface area contributed by atoms with E-state index in [1.165, 1.54) is 16.8 Å². The number of ether oxygens (including phenoxy) is 1. The first-order chi connectivity index (χ1) is 9.61. The number of anilines is 1. The second-order valence-corrected chi connectivity index (χ2v) is 6.10. The highest BCUT2D eigenvalue weighted by atomic mass is 16.5. The largest absolute Gasteiger partial charge is 0.379 e. The lowest BCUT2D eigenvalue weighted by Gasteiger charge is -2.20. The Bertz CT molecular complexity index is 431. The average Bonchev–Trinajstić information content (AvgIpc) is 2.84. The second kappa shape index (κ2) is 7.09. The molecule has 0 aromatic heterocycles. The number of nitrogens with zero attached hydrogens (tertiary/aromatic N) is 1. The number of hydrogen-bond acceptors (Lipinski definition) is 3. The van der Waals surface area contributed by atoms with Gasteiger partial charge >= 0.3 is 0 Å². The Morgan fingerprint density at radius 1 is 1.30 bits per heavy atom. The molecule has 1 aliphatic rings. The van der Waals surface area contributed by atoms with E-state index in [0.29, 0.717) is 12.0 Å². The van der Waals surface area contributed by atoms with Crippen LogP contribution < -0.4 is 10.2 Å². The number of rotatable bonds is 7. The first-order valence-corrected chi connectivity index (χ1v) is 7.74. The Kier molecular flexibility index (Phi) is 5.44. The Morgan fingerprint density at radius 3 is 2.80 bits per heavy atom. The Morgan fingerprint density at radius 2 is 2.10 bits per heavy atom. The maximum atomic E-state index is 5.70. The average molecular weight is 276 g/mol. The normalized spacial score (nSPS) is 15.8. The highest BCUT2D eigenvalue weighted by Crippen LogP contribution is 2.30. The van der Waals surface area contributed by atoms with Gasteiger partial charge in [-0.1, -0.05) is 26.0 Å². The fourth-order valence-corrected chi connectivity index (χ4v) is 2.65. The van der Waals surface area contributed by atoms with Gasteiger partial charge in [-0.05, 0) is 43.5 Å². The highest BCUT2D eigenvalue weighted by Gasteiger charge is 2.19. The third-order valence-electron chi connectivity index (χ3n) is 3.99. The minimum absolute atomic E-state index is 0.420. The van der Waals surface area contributed by atoms with Crippen molar-refractivity contribution in [1.82, 2.24) is 5.32 Å². The van der Waals surface area contributed by atoms with Gasteiger partial charge in [0.1, 0.15) is 0 Å². The molecule has 0 fully saturated rings. The molecule has 2 rings (SSSR count). The minimum atomic E-state index is 0.420. The van der Waals surface area contributed by atoms with Gasteiger partial charge in [-0.3, -0.25) is 0 Å². The molecule has 1 atom stereocenters. The predicted molar refractivity (Wildman–Crippen MR) is 85.5 cm³/mol. The Balaban J connectivity index is 1.92. The summed E-state index contributed by atoms with van der Waals surface area (Å²) in [5.41, 5.74) is 4.25. The van der Waals surface area contributed by atoms with Crippen molar-refractivity contribution in [2.45, 2.75) is 33.2 Å². The van der Waals surface area contributed by atoms with Crippen molar-refractivity contribution in [3.05, 3.63) is 29.3 Å². The van der Waals surface area contributed by atoms with Crippen LogP contribution in [0.5, 0.6) is 0 Å². The molecule has 0 saturated carbocycles. The summed E-state index contributed by atoms with van der Waals surface area (Å²) >= 11 is 0. The highest BCUT2D eigenvalue weighted by molar-refractivity contribution is 5.59. The molecule has 0 amide bonds. The summed E-state index contributed by atoms with van der Waals surface area (Å²) in [5, 5.41) is 3.30. The van der Waals surface area contributed by atoms with E-state index in [1.54, 1.807) is 0 Å².